The predicted octanol–water partition coefficient (Wildman–Crippen LogP) is 4.11. The summed E-state index contributed by atoms with van der Waals surface area (Å²) in [6.07, 6.45) is 2.61. The number of fused-ring (bicyclic) bond motifs is 2. The number of hydrogen-bond donors (Lipinski definition) is 2. The fraction of sp³-hybridized carbons (Fsp3) is 0.167. The van der Waals surface area contributed by atoms with Gasteiger partial charge in [-0.2, -0.15) is 0 Å². The number of benzene rings is 2. The van der Waals surface area contributed by atoms with Gasteiger partial charge in [0.1, 0.15) is 5.75 Å². The van der Waals surface area contributed by atoms with Crippen molar-refractivity contribution < 1.29 is 9.53 Å². The van der Waals surface area contributed by atoms with Crippen molar-refractivity contribution in [3.05, 3.63) is 58.7 Å². The van der Waals surface area contributed by atoms with Crippen LogP contribution < -0.4 is 10.1 Å². The highest BCUT2D eigenvalue weighted by Crippen LogP contribution is 2.37. The van der Waals surface area contributed by atoms with E-state index in [1.807, 2.05) is 36.5 Å². The van der Waals surface area contributed by atoms with Crippen LogP contribution in [0.2, 0.25) is 5.02 Å². The van der Waals surface area contributed by atoms with Crippen molar-refractivity contribution in [2.24, 2.45) is 0 Å². The first-order valence-corrected chi connectivity index (χ1v) is 7.78. The van der Waals surface area contributed by atoms with Gasteiger partial charge in [0.2, 0.25) is 5.91 Å². The van der Waals surface area contributed by atoms with E-state index in [-0.39, 0.29) is 11.8 Å². The van der Waals surface area contributed by atoms with E-state index in [2.05, 4.69) is 10.3 Å². The quantitative estimate of drug-likeness (QED) is 0.761. The number of rotatable bonds is 3. The zero-order chi connectivity index (χ0) is 16.0. The minimum atomic E-state index is -0.191. The molecule has 2 N–H and O–H groups in total. The van der Waals surface area contributed by atoms with Gasteiger partial charge in [-0.05, 0) is 41.8 Å². The van der Waals surface area contributed by atoms with Crippen LogP contribution in [0.15, 0.2) is 42.6 Å². The lowest BCUT2D eigenvalue weighted by Gasteiger charge is -2.08. The molecule has 1 aromatic heterocycles. The molecule has 4 nitrogen and oxygen atoms in total. The summed E-state index contributed by atoms with van der Waals surface area (Å²) in [4.78, 5) is 15.6. The van der Waals surface area contributed by atoms with E-state index in [0.29, 0.717) is 11.4 Å². The molecule has 0 unspecified atom stereocenters. The zero-order valence-electron chi connectivity index (χ0n) is 12.5. The molecule has 5 heteroatoms. The molecule has 0 radical (unpaired) electrons. The zero-order valence-corrected chi connectivity index (χ0v) is 13.3. The number of H-pyrrole nitrogens is 1. The fourth-order valence-electron chi connectivity index (χ4n) is 3.19. The third-order valence-corrected chi connectivity index (χ3v) is 4.60. The number of methoxy groups -OCH3 is 1. The molecule has 0 fully saturated rings. The molecule has 0 bridgehead atoms. The average molecular weight is 327 g/mol. The Balaban J connectivity index is 1.70. The van der Waals surface area contributed by atoms with Crippen LogP contribution in [0.25, 0.3) is 10.9 Å². The number of amides is 1. The summed E-state index contributed by atoms with van der Waals surface area (Å²) in [6.45, 7) is 0. The first kappa shape index (κ1) is 14.2. The van der Waals surface area contributed by atoms with E-state index >= 15 is 0 Å². The smallest absolute Gasteiger partial charge is 0.232 e. The van der Waals surface area contributed by atoms with Crippen LogP contribution in [0.1, 0.15) is 17.0 Å². The van der Waals surface area contributed by atoms with Crippen LogP contribution in [0.5, 0.6) is 5.75 Å². The largest absolute Gasteiger partial charge is 0.497 e. The van der Waals surface area contributed by atoms with Gasteiger partial charge < -0.3 is 15.0 Å². The molecule has 0 spiro atoms. The van der Waals surface area contributed by atoms with Crippen LogP contribution in [-0.4, -0.2) is 18.0 Å². The molecule has 4 rings (SSSR count). The van der Waals surface area contributed by atoms with Crippen molar-refractivity contribution in [3.63, 3.8) is 0 Å². The number of ether oxygens (including phenoxy) is 1. The maximum absolute atomic E-state index is 12.3. The van der Waals surface area contributed by atoms with Crippen LogP contribution >= 0.6 is 11.6 Å². The Kier molecular flexibility index (Phi) is 3.27. The highest BCUT2D eigenvalue weighted by Gasteiger charge is 2.31. The summed E-state index contributed by atoms with van der Waals surface area (Å²) in [6, 6.07) is 11.5. The molecule has 1 aliphatic heterocycles. The molecule has 0 saturated carbocycles. The maximum Gasteiger partial charge on any atom is 0.232 e. The van der Waals surface area contributed by atoms with Gasteiger partial charge in [-0.25, -0.2) is 0 Å². The molecule has 1 amide bonds. The number of aromatic amines is 1. The van der Waals surface area contributed by atoms with Crippen molar-refractivity contribution in [3.8, 4) is 5.75 Å². The Morgan fingerprint density at radius 1 is 1.22 bits per heavy atom. The van der Waals surface area contributed by atoms with E-state index in [9.17, 15) is 4.79 Å². The second kappa shape index (κ2) is 5.32. The van der Waals surface area contributed by atoms with E-state index < -0.39 is 0 Å². The summed E-state index contributed by atoms with van der Waals surface area (Å²) in [7, 11) is 1.65. The van der Waals surface area contributed by atoms with Gasteiger partial charge in [-0.3, -0.25) is 4.79 Å². The first-order valence-electron chi connectivity index (χ1n) is 7.40. The number of aromatic nitrogens is 1. The lowest BCUT2D eigenvalue weighted by Crippen LogP contribution is -2.14. The number of anilines is 1. The maximum atomic E-state index is 12.3. The molecule has 2 aromatic carbocycles. The van der Waals surface area contributed by atoms with Crippen LogP contribution in [0.4, 0.5) is 5.69 Å². The number of halogens is 1. The van der Waals surface area contributed by atoms with Gasteiger partial charge in [0.15, 0.2) is 0 Å². The second-order valence-electron chi connectivity index (χ2n) is 5.70. The minimum absolute atomic E-state index is 0.0186. The molecule has 23 heavy (non-hydrogen) atoms. The third-order valence-electron chi connectivity index (χ3n) is 4.36. The molecule has 1 atom stereocenters. The highest BCUT2D eigenvalue weighted by molar-refractivity contribution is 6.31. The van der Waals surface area contributed by atoms with Gasteiger partial charge in [0.25, 0.3) is 0 Å². The molecule has 3 aromatic rings. The van der Waals surface area contributed by atoms with Crippen molar-refractivity contribution in [1.29, 1.82) is 0 Å². The van der Waals surface area contributed by atoms with Gasteiger partial charge in [-0.15, -0.1) is 0 Å². The van der Waals surface area contributed by atoms with Gasteiger partial charge >= 0.3 is 0 Å². The Labute approximate surface area is 138 Å². The second-order valence-corrected chi connectivity index (χ2v) is 6.14. The van der Waals surface area contributed by atoms with E-state index in [4.69, 9.17) is 16.3 Å². The number of carbonyl (C=O) groups excluding carboxylic acids is 1. The molecular formula is C18H15ClN2O2. The summed E-state index contributed by atoms with van der Waals surface area (Å²) < 4.78 is 5.24. The molecule has 116 valence electrons. The molecule has 0 aliphatic carbocycles. The molecular weight excluding hydrogens is 312 g/mol. The van der Waals surface area contributed by atoms with Crippen molar-refractivity contribution in [1.82, 2.24) is 4.98 Å². The van der Waals surface area contributed by atoms with E-state index in [1.54, 1.807) is 13.2 Å². The van der Waals surface area contributed by atoms with Crippen molar-refractivity contribution in [2.75, 3.05) is 12.4 Å². The van der Waals surface area contributed by atoms with E-state index in [1.165, 1.54) is 0 Å². The Morgan fingerprint density at radius 3 is 2.91 bits per heavy atom. The van der Waals surface area contributed by atoms with Crippen LogP contribution in [0, 0.1) is 0 Å². The highest BCUT2D eigenvalue weighted by atomic mass is 35.5. The fourth-order valence-corrected chi connectivity index (χ4v) is 3.36. The van der Waals surface area contributed by atoms with Gasteiger partial charge in [0, 0.05) is 33.9 Å². The third kappa shape index (κ3) is 2.35. The van der Waals surface area contributed by atoms with Crippen molar-refractivity contribution in [2.45, 2.75) is 12.3 Å². The summed E-state index contributed by atoms with van der Waals surface area (Å²) >= 11 is 6.00. The average Bonchev–Trinajstić information content (AvgIpc) is 3.08. The summed E-state index contributed by atoms with van der Waals surface area (Å²) in [5, 5.41) is 4.65. The van der Waals surface area contributed by atoms with Crippen LogP contribution in [-0.2, 0) is 11.2 Å². The Morgan fingerprint density at radius 2 is 2.09 bits per heavy atom. The SMILES string of the molecule is COc1ccc2c(C[C@@H]3C(=O)Nc4cc(Cl)ccc43)c[nH]c2c1. The number of hydrogen-bond acceptors (Lipinski definition) is 2. The van der Waals surface area contributed by atoms with Gasteiger partial charge in [0.05, 0.1) is 13.0 Å². The standard InChI is InChI=1S/C18H15ClN2O2/c1-23-12-3-5-13-10(9-20-16(13)8-12)6-15-14-4-2-11(19)7-17(14)21-18(15)22/h2-5,7-9,15,20H,6H2,1H3,(H,21,22)/t15-/m0/s1. The molecule has 1 aliphatic rings. The predicted molar refractivity (Wildman–Crippen MR) is 91.4 cm³/mol. The van der Waals surface area contributed by atoms with Gasteiger partial charge in [-0.1, -0.05) is 17.7 Å². The van der Waals surface area contributed by atoms with E-state index in [0.717, 1.165) is 33.5 Å². The lowest BCUT2D eigenvalue weighted by molar-refractivity contribution is -0.117. The summed E-state index contributed by atoms with van der Waals surface area (Å²) in [5.74, 6) is 0.637. The molecule has 0 saturated heterocycles. The number of carbonyl (C=O) groups is 1. The summed E-state index contributed by atoms with van der Waals surface area (Å²) in [5.41, 5.74) is 3.94. The number of nitrogens with one attached hydrogen (secondary N) is 2. The molecule has 2 heterocycles. The Hall–Kier alpha value is -2.46. The normalized spacial score (nSPS) is 16.4. The Bertz CT molecular complexity index is 917. The monoisotopic (exact) mass is 326 g/mol. The lowest BCUT2D eigenvalue weighted by atomic mass is 9.93. The van der Waals surface area contributed by atoms with Crippen molar-refractivity contribution >= 4 is 34.1 Å². The van der Waals surface area contributed by atoms with Crippen LogP contribution in [0.3, 0.4) is 0 Å². The topological polar surface area (TPSA) is 54.1 Å². The first-order chi connectivity index (χ1) is 11.2. The minimum Gasteiger partial charge on any atom is -0.497 e.